The van der Waals surface area contributed by atoms with Gasteiger partial charge in [0.1, 0.15) is 5.82 Å². The van der Waals surface area contributed by atoms with Gasteiger partial charge < -0.3 is 5.73 Å². The number of carbonyl (C=O) groups excluding carboxylic acids is 1. The number of primary amides is 1. The number of carbonyl (C=O) groups is 1. The van der Waals surface area contributed by atoms with Crippen LogP contribution in [0.2, 0.25) is 0 Å². The van der Waals surface area contributed by atoms with Gasteiger partial charge in [-0.3, -0.25) is 4.79 Å². The lowest BCUT2D eigenvalue weighted by molar-refractivity contribution is 0.0996. The minimum absolute atomic E-state index is 0.121. The highest BCUT2D eigenvalue weighted by atomic mass is 19.1. The van der Waals surface area contributed by atoms with Gasteiger partial charge in [-0.1, -0.05) is 19.9 Å². The Balaban J connectivity index is 2.60. The number of amides is 1. The van der Waals surface area contributed by atoms with E-state index in [4.69, 9.17) is 5.73 Å². The maximum absolute atomic E-state index is 13.5. The molecule has 4 nitrogen and oxygen atoms in total. The van der Waals surface area contributed by atoms with Crippen molar-refractivity contribution in [3.63, 3.8) is 0 Å². The van der Waals surface area contributed by atoms with Crippen LogP contribution in [0.5, 0.6) is 0 Å². The van der Waals surface area contributed by atoms with Gasteiger partial charge in [0.25, 0.3) is 5.91 Å². The molecule has 2 rings (SSSR count). The molecule has 19 heavy (non-hydrogen) atoms. The second kappa shape index (κ2) is 5.14. The van der Waals surface area contributed by atoms with Gasteiger partial charge in [0, 0.05) is 5.56 Å². The number of benzene rings is 1. The molecule has 1 heterocycles. The molecule has 0 saturated heterocycles. The summed E-state index contributed by atoms with van der Waals surface area (Å²) in [6, 6.07) is 6.07. The van der Waals surface area contributed by atoms with E-state index in [2.05, 4.69) is 10.2 Å². The second-order valence-electron chi connectivity index (χ2n) is 4.54. The first-order valence-electron chi connectivity index (χ1n) is 5.92. The summed E-state index contributed by atoms with van der Waals surface area (Å²) in [7, 11) is 0. The van der Waals surface area contributed by atoms with Crippen LogP contribution >= 0.6 is 0 Å². The topological polar surface area (TPSA) is 68.9 Å². The molecule has 1 amide bonds. The molecule has 0 fully saturated rings. The van der Waals surface area contributed by atoms with E-state index in [1.807, 2.05) is 13.8 Å². The number of nitrogens with zero attached hydrogens (tertiary/aromatic N) is 2. The van der Waals surface area contributed by atoms with Crippen LogP contribution in [0.3, 0.4) is 0 Å². The first kappa shape index (κ1) is 13.1. The molecule has 1 aromatic carbocycles. The Morgan fingerprint density at radius 3 is 2.68 bits per heavy atom. The molecule has 2 aromatic rings. The fraction of sp³-hybridized carbons (Fsp3) is 0.214. The van der Waals surface area contributed by atoms with Crippen molar-refractivity contribution in [3.8, 4) is 11.1 Å². The van der Waals surface area contributed by atoms with Crippen molar-refractivity contribution in [2.24, 2.45) is 5.73 Å². The molecular weight excluding hydrogens is 245 g/mol. The third kappa shape index (κ3) is 2.59. The normalized spacial score (nSPS) is 10.7. The highest BCUT2D eigenvalue weighted by molar-refractivity contribution is 5.94. The zero-order valence-corrected chi connectivity index (χ0v) is 10.7. The third-order valence-corrected chi connectivity index (χ3v) is 2.84. The van der Waals surface area contributed by atoms with Crippen molar-refractivity contribution in [2.75, 3.05) is 0 Å². The minimum Gasteiger partial charge on any atom is -0.366 e. The Labute approximate surface area is 110 Å². The van der Waals surface area contributed by atoms with Gasteiger partial charge in [-0.05, 0) is 29.7 Å². The average molecular weight is 259 g/mol. The molecule has 98 valence electrons. The van der Waals surface area contributed by atoms with Crippen LogP contribution in [0.15, 0.2) is 30.5 Å². The molecule has 0 aliphatic carbocycles. The molecule has 0 aliphatic heterocycles. The molecule has 0 spiro atoms. The SMILES string of the molecule is CC(C)c1nnccc1-c1ccc(F)c(C(N)=O)c1. The van der Waals surface area contributed by atoms with E-state index in [1.165, 1.54) is 12.1 Å². The molecule has 0 saturated carbocycles. The lowest BCUT2D eigenvalue weighted by Gasteiger charge is -2.11. The van der Waals surface area contributed by atoms with Gasteiger partial charge in [-0.15, -0.1) is 0 Å². The Hall–Kier alpha value is -2.30. The first-order valence-corrected chi connectivity index (χ1v) is 5.92. The van der Waals surface area contributed by atoms with Gasteiger partial charge in [-0.25, -0.2) is 4.39 Å². The Morgan fingerprint density at radius 1 is 1.32 bits per heavy atom. The molecule has 2 N–H and O–H groups in total. The molecule has 1 aromatic heterocycles. The van der Waals surface area contributed by atoms with Crippen LogP contribution < -0.4 is 5.73 Å². The van der Waals surface area contributed by atoms with Crippen LogP contribution in [0.25, 0.3) is 11.1 Å². The van der Waals surface area contributed by atoms with Gasteiger partial charge in [-0.2, -0.15) is 10.2 Å². The van der Waals surface area contributed by atoms with E-state index >= 15 is 0 Å². The maximum atomic E-state index is 13.5. The predicted octanol–water partition coefficient (Wildman–Crippen LogP) is 2.50. The number of halogens is 1. The monoisotopic (exact) mass is 259 g/mol. The van der Waals surface area contributed by atoms with Gasteiger partial charge in [0.2, 0.25) is 0 Å². The number of hydrogen-bond acceptors (Lipinski definition) is 3. The zero-order valence-electron chi connectivity index (χ0n) is 10.7. The molecule has 0 unspecified atom stereocenters. The average Bonchev–Trinajstić information content (AvgIpc) is 2.39. The smallest absolute Gasteiger partial charge is 0.251 e. The summed E-state index contributed by atoms with van der Waals surface area (Å²) in [5.74, 6) is -1.23. The highest BCUT2D eigenvalue weighted by Gasteiger charge is 2.14. The quantitative estimate of drug-likeness (QED) is 0.920. The first-order chi connectivity index (χ1) is 9.00. The van der Waals surface area contributed by atoms with Gasteiger partial charge in [0.05, 0.1) is 17.5 Å². The van der Waals surface area contributed by atoms with E-state index in [0.717, 1.165) is 11.3 Å². The summed E-state index contributed by atoms with van der Waals surface area (Å²) in [5.41, 5.74) is 7.36. The molecule has 5 heteroatoms. The van der Waals surface area contributed by atoms with Crippen LogP contribution in [0, 0.1) is 5.82 Å². The Morgan fingerprint density at radius 2 is 2.05 bits per heavy atom. The van der Waals surface area contributed by atoms with Crippen molar-refractivity contribution in [1.29, 1.82) is 0 Å². The van der Waals surface area contributed by atoms with Crippen molar-refractivity contribution in [3.05, 3.63) is 47.5 Å². The van der Waals surface area contributed by atoms with Crippen molar-refractivity contribution in [2.45, 2.75) is 19.8 Å². The van der Waals surface area contributed by atoms with E-state index in [0.29, 0.717) is 5.56 Å². The Kier molecular flexibility index (Phi) is 3.55. The summed E-state index contributed by atoms with van der Waals surface area (Å²) in [6.45, 7) is 3.98. The van der Waals surface area contributed by atoms with Crippen molar-refractivity contribution in [1.82, 2.24) is 10.2 Å². The standard InChI is InChI=1S/C14H14FN3O/c1-8(2)13-10(5-6-17-18-13)9-3-4-12(15)11(7-9)14(16)19/h3-8H,1-2H3,(H2,16,19). The van der Waals surface area contributed by atoms with Crippen LogP contribution in [0.1, 0.15) is 35.8 Å². The fourth-order valence-electron chi connectivity index (χ4n) is 1.89. The Bertz CT molecular complexity index is 626. The summed E-state index contributed by atoms with van der Waals surface area (Å²) < 4.78 is 13.5. The number of nitrogens with two attached hydrogens (primary N) is 1. The summed E-state index contributed by atoms with van der Waals surface area (Å²) in [4.78, 5) is 11.2. The molecule has 0 atom stereocenters. The lowest BCUT2D eigenvalue weighted by Crippen LogP contribution is -2.13. The van der Waals surface area contributed by atoms with Crippen LogP contribution in [-0.2, 0) is 0 Å². The second-order valence-corrected chi connectivity index (χ2v) is 4.54. The lowest BCUT2D eigenvalue weighted by atomic mass is 9.97. The van der Waals surface area contributed by atoms with Crippen molar-refractivity contribution < 1.29 is 9.18 Å². The van der Waals surface area contributed by atoms with Gasteiger partial charge >= 0.3 is 0 Å². The summed E-state index contributed by atoms with van der Waals surface area (Å²) >= 11 is 0. The molecular formula is C14H14FN3O. The van der Waals surface area contributed by atoms with E-state index in [1.54, 1.807) is 18.3 Å². The van der Waals surface area contributed by atoms with E-state index in [9.17, 15) is 9.18 Å². The molecule has 0 radical (unpaired) electrons. The molecule has 0 bridgehead atoms. The largest absolute Gasteiger partial charge is 0.366 e. The van der Waals surface area contributed by atoms with Crippen LogP contribution in [0.4, 0.5) is 4.39 Å². The predicted molar refractivity (Wildman–Crippen MR) is 70.0 cm³/mol. The fourth-order valence-corrected chi connectivity index (χ4v) is 1.89. The number of rotatable bonds is 3. The van der Waals surface area contributed by atoms with Gasteiger partial charge in [0.15, 0.2) is 0 Å². The van der Waals surface area contributed by atoms with Crippen LogP contribution in [-0.4, -0.2) is 16.1 Å². The maximum Gasteiger partial charge on any atom is 0.251 e. The number of aromatic nitrogens is 2. The minimum atomic E-state index is -0.785. The highest BCUT2D eigenvalue weighted by Crippen LogP contribution is 2.28. The summed E-state index contributed by atoms with van der Waals surface area (Å²) in [6.07, 6.45) is 1.56. The summed E-state index contributed by atoms with van der Waals surface area (Å²) in [5, 5.41) is 7.94. The van der Waals surface area contributed by atoms with Crippen molar-refractivity contribution >= 4 is 5.91 Å². The third-order valence-electron chi connectivity index (χ3n) is 2.84. The van der Waals surface area contributed by atoms with E-state index < -0.39 is 11.7 Å². The van der Waals surface area contributed by atoms with E-state index in [-0.39, 0.29) is 11.5 Å². The molecule has 0 aliphatic rings. The zero-order chi connectivity index (χ0) is 14.0. The number of hydrogen-bond donors (Lipinski definition) is 1.